The zero-order valence-corrected chi connectivity index (χ0v) is 15.4. The summed E-state index contributed by atoms with van der Waals surface area (Å²) < 4.78 is 0.969. The monoisotopic (exact) mass is 388 g/mol. The molecule has 0 aliphatic rings. The lowest BCUT2D eigenvalue weighted by Gasteiger charge is -2.09. The average Bonchev–Trinajstić information content (AvgIpc) is 2.57. The molecule has 0 aromatic heterocycles. The molecule has 126 valence electrons. The molecule has 0 saturated heterocycles. The van der Waals surface area contributed by atoms with E-state index < -0.39 is 0 Å². The normalized spacial score (nSPS) is 10.3. The van der Waals surface area contributed by atoms with Crippen molar-refractivity contribution < 1.29 is 9.59 Å². The molecule has 0 spiro atoms. The number of hydrogen-bond donors (Lipinski definition) is 2. The molecule has 2 N–H and O–H groups in total. The standard InChI is InChI=1S/C19H21BrN2O2/c1-3-4-11-21-18(23)14-5-7-15(8-6-14)19(24)22-17-10-9-16(20)12-13(17)2/h5-10,12H,3-4,11H2,1-2H3,(H,21,23)(H,22,24). The van der Waals surface area contributed by atoms with E-state index in [0.717, 1.165) is 28.6 Å². The molecule has 2 amide bonds. The summed E-state index contributed by atoms with van der Waals surface area (Å²) in [7, 11) is 0. The molecule has 0 radical (unpaired) electrons. The third-order valence-electron chi connectivity index (χ3n) is 3.66. The van der Waals surface area contributed by atoms with Crippen LogP contribution in [-0.2, 0) is 0 Å². The fraction of sp³-hybridized carbons (Fsp3) is 0.263. The van der Waals surface area contributed by atoms with Crippen molar-refractivity contribution in [3.8, 4) is 0 Å². The lowest BCUT2D eigenvalue weighted by molar-refractivity contribution is 0.0951. The van der Waals surface area contributed by atoms with Gasteiger partial charge in [0, 0.05) is 27.8 Å². The Morgan fingerprint density at radius 3 is 2.21 bits per heavy atom. The van der Waals surface area contributed by atoms with E-state index in [4.69, 9.17) is 0 Å². The first kappa shape index (κ1) is 18.2. The van der Waals surface area contributed by atoms with E-state index in [2.05, 4.69) is 33.5 Å². The number of halogens is 1. The summed E-state index contributed by atoms with van der Waals surface area (Å²) >= 11 is 3.40. The second-order valence-electron chi connectivity index (χ2n) is 5.60. The van der Waals surface area contributed by atoms with Crippen molar-refractivity contribution in [3.05, 3.63) is 63.6 Å². The molecule has 0 unspecified atom stereocenters. The Kier molecular flexibility index (Phi) is 6.55. The van der Waals surface area contributed by atoms with Gasteiger partial charge in [-0.05, 0) is 61.4 Å². The first-order valence-electron chi connectivity index (χ1n) is 7.97. The highest BCUT2D eigenvalue weighted by Crippen LogP contribution is 2.20. The summed E-state index contributed by atoms with van der Waals surface area (Å²) in [5.41, 5.74) is 2.82. The lowest BCUT2D eigenvalue weighted by Crippen LogP contribution is -2.24. The highest BCUT2D eigenvalue weighted by atomic mass is 79.9. The molecule has 0 heterocycles. The van der Waals surface area contributed by atoms with E-state index in [0.29, 0.717) is 17.7 Å². The first-order valence-corrected chi connectivity index (χ1v) is 8.76. The van der Waals surface area contributed by atoms with Gasteiger partial charge in [-0.1, -0.05) is 29.3 Å². The highest BCUT2D eigenvalue weighted by molar-refractivity contribution is 9.10. The van der Waals surface area contributed by atoms with Crippen molar-refractivity contribution in [2.45, 2.75) is 26.7 Å². The number of carbonyl (C=O) groups is 2. The number of benzene rings is 2. The van der Waals surface area contributed by atoms with Crippen LogP contribution in [0, 0.1) is 6.92 Å². The maximum absolute atomic E-state index is 12.3. The smallest absolute Gasteiger partial charge is 0.255 e. The van der Waals surface area contributed by atoms with E-state index in [-0.39, 0.29) is 11.8 Å². The van der Waals surface area contributed by atoms with E-state index in [1.165, 1.54) is 0 Å². The van der Waals surface area contributed by atoms with Crippen LogP contribution in [0.2, 0.25) is 0 Å². The second kappa shape index (κ2) is 8.64. The molecule has 2 aromatic rings. The minimum absolute atomic E-state index is 0.112. The van der Waals surface area contributed by atoms with Crippen molar-refractivity contribution in [2.75, 3.05) is 11.9 Å². The van der Waals surface area contributed by atoms with Gasteiger partial charge in [0.2, 0.25) is 0 Å². The van der Waals surface area contributed by atoms with Crippen LogP contribution in [-0.4, -0.2) is 18.4 Å². The number of carbonyl (C=O) groups excluding carboxylic acids is 2. The van der Waals surface area contributed by atoms with Crippen molar-refractivity contribution >= 4 is 33.4 Å². The maximum atomic E-state index is 12.3. The van der Waals surface area contributed by atoms with Crippen LogP contribution in [0.3, 0.4) is 0 Å². The Balaban J connectivity index is 2.01. The SMILES string of the molecule is CCCCNC(=O)c1ccc(C(=O)Nc2ccc(Br)cc2C)cc1. The zero-order chi connectivity index (χ0) is 17.5. The van der Waals surface area contributed by atoms with Crippen LogP contribution in [0.15, 0.2) is 46.9 Å². The Morgan fingerprint density at radius 2 is 1.62 bits per heavy atom. The summed E-state index contributed by atoms with van der Waals surface area (Å²) in [6.07, 6.45) is 1.99. The predicted octanol–water partition coefficient (Wildman–Crippen LogP) is 4.54. The summed E-state index contributed by atoms with van der Waals surface area (Å²) in [5.74, 6) is -0.308. The van der Waals surface area contributed by atoms with Gasteiger partial charge < -0.3 is 10.6 Å². The fourth-order valence-electron chi connectivity index (χ4n) is 2.22. The largest absolute Gasteiger partial charge is 0.352 e. The summed E-state index contributed by atoms with van der Waals surface area (Å²) in [5, 5.41) is 5.74. The molecule has 0 aliphatic carbocycles. The summed E-state index contributed by atoms with van der Waals surface area (Å²) in [4.78, 5) is 24.3. The van der Waals surface area contributed by atoms with Gasteiger partial charge in [0.25, 0.3) is 11.8 Å². The molecule has 0 bridgehead atoms. The number of nitrogens with one attached hydrogen (secondary N) is 2. The van der Waals surface area contributed by atoms with E-state index >= 15 is 0 Å². The number of hydrogen-bond acceptors (Lipinski definition) is 2. The van der Waals surface area contributed by atoms with Gasteiger partial charge in [0.1, 0.15) is 0 Å². The van der Waals surface area contributed by atoms with Gasteiger partial charge >= 0.3 is 0 Å². The second-order valence-corrected chi connectivity index (χ2v) is 6.52. The molecule has 2 rings (SSSR count). The fourth-order valence-corrected chi connectivity index (χ4v) is 2.69. The minimum atomic E-state index is -0.196. The molecule has 2 aromatic carbocycles. The number of anilines is 1. The topological polar surface area (TPSA) is 58.2 Å². The Morgan fingerprint density at radius 1 is 1.00 bits per heavy atom. The van der Waals surface area contributed by atoms with Crippen LogP contribution in [0.4, 0.5) is 5.69 Å². The first-order chi connectivity index (χ1) is 11.5. The molecular weight excluding hydrogens is 368 g/mol. The number of amides is 2. The number of aryl methyl sites for hydroxylation is 1. The number of unbranched alkanes of at least 4 members (excludes halogenated alkanes) is 1. The van der Waals surface area contributed by atoms with Crippen molar-refractivity contribution in [1.29, 1.82) is 0 Å². The van der Waals surface area contributed by atoms with Gasteiger partial charge in [-0.25, -0.2) is 0 Å². The average molecular weight is 389 g/mol. The van der Waals surface area contributed by atoms with E-state index in [1.54, 1.807) is 24.3 Å². The molecular formula is C19H21BrN2O2. The quantitative estimate of drug-likeness (QED) is 0.713. The summed E-state index contributed by atoms with van der Waals surface area (Å²) in [6, 6.07) is 12.4. The molecule has 5 heteroatoms. The van der Waals surface area contributed by atoms with E-state index in [9.17, 15) is 9.59 Å². The van der Waals surface area contributed by atoms with Crippen molar-refractivity contribution in [3.63, 3.8) is 0 Å². The van der Waals surface area contributed by atoms with E-state index in [1.807, 2.05) is 25.1 Å². The van der Waals surface area contributed by atoms with Crippen molar-refractivity contribution in [1.82, 2.24) is 5.32 Å². The minimum Gasteiger partial charge on any atom is -0.352 e. The maximum Gasteiger partial charge on any atom is 0.255 e. The molecule has 24 heavy (non-hydrogen) atoms. The zero-order valence-electron chi connectivity index (χ0n) is 13.9. The van der Waals surface area contributed by atoms with Gasteiger partial charge in [0.15, 0.2) is 0 Å². The molecule has 0 saturated carbocycles. The summed E-state index contributed by atoms with van der Waals surface area (Å²) in [6.45, 7) is 4.68. The Bertz CT molecular complexity index is 727. The van der Waals surface area contributed by atoms with Crippen LogP contribution >= 0.6 is 15.9 Å². The van der Waals surface area contributed by atoms with Crippen LogP contribution in [0.1, 0.15) is 46.0 Å². The van der Waals surface area contributed by atoms with Crippen LogP contribution < -0.4 is 10.6 Å². The molecule has 0 fully saturated rings. The van der Waals surface area contributed by atoms with Gasteiger partial charge in [-0.2, -0.15) is 0 Å². The van der Waals surface area contributed by atoms with Gasteiger partial charge in [-0.3, -0.25) is 9.59 Å². The Hall–Kier alpha value is -2.14. The third-order valence-corrected chi connectivity index (χ3v) is 4.16. The number of rotatable bonds is 6. The Labute approximate surface area is 150 Å². The molecule has 0 atom stereocenters. The molecule has 4 nitrogen and oxygen atoms in total. The predicted molar refractivity (Wildman–Crippen MR) is 101 cm³/mol. The third kappa shape index (κ3) is 4.93. The lowest BCUT2D eigenvalue weighted by atomic mass is 10.1. The molecule has 0 aliphatic heterocycles. The van der Waals surface area contributed by atoms with Crippen molar-refractivity contribution in [2.24, 2.45) is 0 Å². The van der Waals surface area contributed by atoms with Gasteiger partial charge in [-0.15, -0.1) is 0 Å². The van der Waals surface area contributed by atoms with Crippen LogP contribution in [0.25, 0.3) is 0 Å². The van der Waals surface area contributed by atoms with Crippen LogP contribution in [0.5, 0.6) is 0 Å². The van der Waals surface area contributed by atoms with Gasteiger partial charge in [0.05, 0.1) is 0 Å². The highest BCUT2D eigenvalue weighted by Gasteiger charge is 2.10.